The average Bonchev–Trinajstić information content (AvgIpc) is 2.48. The molecule has 2 aliphatic rings. The van der Waals surface area contributed by atoms with Crippen molar-refractivity contribution in [3.8, 4) is 0 Å². The molecule has 1 aliphatic carbocycles. The van der Waals surface area contributed by atoms with Crippen LogP contribution in [0.1, 0.15) is 79.1 Å². The van der Waals surface area contributed by atoms with Gasteiger partial charge in [0.1, 0.15) is 11.4 Å². The number of carbonyl (C=O) groups is 2. The summed E-state index contributed by atoms with van der Waals surface area (Å²) in [4.78, 5) is 26.9. The second-order valence-electron chi connectivity index (χ2n) is 8.24. The predicted octanol–water partition coefficient (Wildman–Crippen LogP) is 4.56. The van der Waals surface area contributed by atoms with E-state index in [-0.39, 0.29) is 18.1 Å². The topological polar surface area (TPSA) is 46.6 Å². The minimum Gasteiger partial charge on any atom is -0.444 e. The summed E-state index contributed by atoms with van der Waals surface area (Å²) in [6.45, 7) is 8.62. The molecule has 0 N–H and O–H groups in total. The number of hydrogen-bond donors (Lipinski definition) is 0. The van der Waals surface area contributed by atoms with Crippen LogP contribution in [0.4, 0.5) is 4.79 Å². The molecule has 1 aliphatic heterocycles. The molecule has 0 aromatic carbocycles. The lowest BCUT2D eigenvalue weighted by Crippen LogP contribution is -2.52. The molecule has 132 valence electrons. The van der Waals surface area contributed by atoms with Gasteiger partial charge < -0.3 is 9.64 Å². The molecule has 1 heterocycles. The van der Waals surface area contributed by atoms with E-state index in [9.17, 15) is 9.59 Å². The van der Waals surface area contributed by atoms with Crippen LogP contribution >= 0.6 is 0 Å². The van der Waals surface area contributed by atoms with E-state index in [0.717, 1.165) is 38.6 Å². The molecule has 0 aromatic rings. The SMILES string of the molecule is CCCC1CCC(=O)C(C2CCCCN2C(=O)OC(C)(C)C)C1. The van der Waals surface area contributed by atoms with Crippen molar-refractivity contribution in [3.05, 3.63) is 0 Å². The highest BCUT2D eigenvalue weighted by molar-refractivity contribution is 5.83. The van der Waals surface area contributed by atoms with Gasteiger partial charge in [-0.2, -0.15) is 0 Å². The van der Waals surface area contributed by atoms with E-state index < -0.39 is 5.60 Å². The number of amides is 1. The lowest BCUT2D eigenvalue weighted by Gasteiger charge is -2.42. The van der Waals surface area contributed by atoms with Crippen molar-refractivity contribution < 1.29 is 14.3 Å². The lowest BCUT2D eigenvalue weighted by atomic mass is 9.73. The minimum absolute atomic E-state index is 0.0214. The first kappa shape index (κ1) is 18.3. The van der Waals surface area contributed by atoms with Crippen molar-refractivity contribution in [3.63, 3.8) is 0 Å². The zero-order valence-corrected chi connectivity index (χ0v) is 15.3. The first-order chi connectivity index (χ1) is 10.8. The molecule has 3 unspecified atom stereocenters. The number of ketones is 1. The maximum absolute atomic E-state index is 12.6. The van der Waals surface area contributed by atoms with E-state index in [2.05, 4.69) is 6.92 Å². The zero-order valence-electron chi connectivity index (χ0n) is 15.3. The molecule has 1 saturated heterocycles. The van der Waals surface area contributed by atoms with E-state index in [0.29, 0.717) is 18.1 Å². The van der Waals surface area contributed by atoms with Gasteiger partial charge in [0.15, 0.2) is 0 Å². The molecular formula is C19H33NO3. The highest BCUT2D eigenvalue weighted by atomic mass is 16.6. The van der Waals surface area contributed by atoms with Crippen molar-refractivity contribution in [1.29, 1.82) is 0 Å². The summed E-state index contributed by atoms with van der Waals surface area (Å²) in [5.41, 5.74) is -0.486. The maximum atomic E-state index is 12.6. The monoisotopic (exact) mass is 323 g/mol. The van der Waals surface area contributed by atoms with Gasteiger partial charge >= 0.3 is 6.09 Å². The van der Waals surface area contributed by atoms with Gasteiger partial charge in [-0.25, -0.2) is 4.79 Å². The van der Waals surface area contributed by atoms with Crippen LogP contribution < -0.4 is 0 Å². The molecule has 2 rings (SSSR count). The Bertz CT molecular complexity index is 427. The van der Waals surface area contributed by atoms with Crippen molar-refractivity contribution >= 4 is 11.9 Å². The van der Waals surface area contributed by atoms with Gasteiger partial charge in [-0.3, -0.25) is 4.79 Å². The molecule has 0 radical (unpaired) electrons. The fraction of sp³-hybridized carbons (Fsp3) is 0.895. The largest absolute Gasteiger partial charge is 0.444 e. The molecule has 1 saturated carbocycles. The summed E-state index contributed by atoms with van der Waals surface area (Å²) in [5, 5.41) is 0. The van der Waals surface area contributed by atoms with Crippen molar-refractivity contribution in [2.75, 3.05) is 6.54 Å². The van der Waals surface area contributed by atoms with Crippen molar-refractivity contribution in [2.45, 2.75) is 90.7 Å². The third kappa shape index (κ3) is 4.95. The van der Waals surface area contributed by atoms with Gasteiger partial charge in [0.25, 0.3) is 0 Å². The fourth-order valence-corrected chi connectivity index (χ4v) is 4.11. The van der Waals surface area contributed by atoms with Crippen LogP contribution in [-0.2, 0) is 9.53 Å². The molecule has 4 heteroatoms. The zero-order chi connectivity index (χ0) is 17.0. The van der Waals surface area contributed by atoms with Gasteiger partial charge in [0, 0.05) is 24.9 Å². The summed E-state index contributed by atoms with van der Waals surface area (Å²) >= 11 is 0. The molecular weight excluding hydrogens is 290 g/mol. The number of ether oxygens (including phenoxy) is 1. The van der Waals surface area contributed by atoms with Crippen LogP contribution in [-0.4, -0.2) is 35.0 Å². The first-order valence-electron chi connectivity index (χ1n) is 9.34. The third-order valence-corrected chi connectivity index (χ3v) is 5.14. The molecule has 0 bridgehead atoms. The second-order valence-corrected chi connectivity index (χ2v) is 8.24. The first-order valence-corrected chi connectivity index (χ1v) is 9.34. The van der Waals surface area contributed by atoms with Gasteiger partial charge in [-0.15, -0.1) is 0 Å². The van der Waals surface area contributed by atoms with Crippen molar-refractivity contribution in [1.82, 2.24) is 4.90 Å². The molecule has 3 atom stereocenters. The Kier molecular flexibility index (Phi) is 6.10. The Morgan fingerprint density at radius 1 is 1.26 bits per heavy atom. The number of piperidine rings is 1. The summed E-state index contributed by atoms with van der Waals surface area (Å²) in [5.74, 6) is 1.02. The fourth-order valence-electron chi connectivity index (χ4n) is 4.11. The quantitative estimate of drug-likeness (QED) is 0.765. The van der Waals surface area contributed by atoms with E-state index >= 15 is 0 Å². The third-order valence-electron chi connectivity index (χ3n) is 5.14. The average molecular weight is 323 g/mol. The maximum Gasteiger partial charge on any atom is 0.410 e. The minimum atomic E-state index is -0.486. The number of rotatable bonds is 3. The standard InChI is InChI=1S/C19H33NO3/c1-5-8-14-10-11-17(21)15(13-14)16-9-6-7-12-20(16)18(22)23-19(2,3)4/h14-16H,5-13H2,1-4H3. The van der Waals surface area contributed by atoms with Crippen LogP contribution in [0.5, 0.6) is 0 Å². The van der Waals surface area contributed by atoms with Gasteiger partial charge in [0.2, 0.25) is 0 Å². The van der Waals surface area contributed by atoms with E-state index in [1.54, 1.807) is 0 Å². The van der Waals surface area contributed by atoms with Crippen LogP contribution in [0.25, 0.3) is 0 Å². The summed E-state index contributed by atoms with van der Waals surface area (Å²) in [6.07, 6.45) is 7.85. The molecule has 2 fully saturated rings. The summed E-state index contributed by atoms with van der Waals surface area (Å²) in [6, 6.07) is 0.0470. The highest BCUT2D eigenvalue weighted by Crippen LogP contribution is 2.36. The number of carbonyl (C=O) groups excluding carboxylic acids is 2. The summed E-state index contributed by atoms with van der Waals surface area (Å²) < 4.78 is 5.58. The van der Waals surface area contributed by atoms with Crippen molar-refractivity contribution in [2.24, 2.45) is 11.8 Å². The molecule has 23 heavy (non-hydrogen) atoms. The lowest BCUT2D eigenvalue weighted by molar-refractivity contribution is -0.128. The Balaban J connectivity index is 2.10. The van der Waals surface area contributed by atoms with Crippen LogP contribution in [0, 0.1) is 11.8 Å². The van der Waals surface area contributed by atoms with E-state index in [1.165, 1.54) is 12.8 Å². The molecule has 0 aromatic heterocycles. The summed E-state index contributed by atoms with van der Waals surface area (Å²) in [7, 11) is 0. The van der Waals surface area contributed by atoms with E-state index in [1.807, 2.05) is 25.7 Å². The smallest absolute Gasteiger partial charge is 0.410 e. The Hall–Kier alpha value is -1.06. The highest BCUT2D eigenvalue weighted by Gasteiger charge is 2.40. The van der Waals surface area contributed by atoms with Gasteiger partial charge in [0.05, 0.1) is 0 Å². The number of Topliss-reactive ketones (excluding diaryl/α,β-unsaturated/α-hetero) is 1. The number of hydrogen-bond acceptors (Lipinski definition) is 3. The molecule has 4 nitrogen and oxygen atoms in total. The van der Waals surface area contributed by atoms with Crippen LogP contribution in [0.15, 0.2) is 0 Å². The molecule has 0 spiro atoms. The van der Waals surface area contributed by atoms with E-state index in [4.69, 9.17) is 4.74 Å². The normalized spacial score (nSPS) is 29.5. The number of nitrogens with zero attached hydrogens (tertiary/aromatic N) is 1. The second kappa shape index (κ2) is 7.67. The van der Waals surface area contributed by atoms with Gasteiger partial charge in [-0.05, 0) is 58.8 Å². The Labute approximate surface area is 140 Å². The predicted molar refractivity (Wildman–Crippen MR) is 91.3 cm³/mol. The van der Waals surface area contributed by atoms with Crippen LogP contribution in [0.2, 0.25) is 0 Å². The van der Waals surface area contributed by atoms with Crippen LogP contribution in [0.3, 0.4) is 0 Å². The Morgan fingerprint density at radius 2 is 2.00 bits per heavy atom. The Morgan fingerprint density at radius 3 is 2.65 bits per heavy atom. The molecule has 1 amide bonds. The number of likely N-dealkylation sites (tertiary alicyclic amines) is 1. The van der Waals surface area contributed by atoms with Gasteiger partial charge in [-0.1, -0.05) is 19.8 Å².